The zero-order valence-electron chi connectivity index (χ0n) is 12.3. The van der Waals surface area contributed by atoms with E-state index in [1.165, 1.54) is 29.7 Å². The van der Waals surface area contributed by atoms with E-state index in [0.29, 0.717) is 6.04 Å². The van der Waals surface area contributed by atoms with Crippen LogP contribution in [0.15, 0.2) is 54.6 Å². The first-order chi connectivity index (χ1) is 9.72. The van der Waals surface area contributed by atoms with Crippen molar-refractivity contribution < 1.29 is 0 Å². The van der Waals surface area contributed by atoms with Gasteiger partial charge in [0.05, 0.1) is 0 Å². The first-order valence-corrected chi connectivity index (χ1v) is 7.64. The van der Waals surface area contributed by atoms with Gasteiger partial charge in [-0.1, -0.05) is 56.3 Å². The standard InChI is InChI=1S/C19H23N/c1-14(2)17-12-19(13-17)20-18-10-8-16(9-11-18)15-6-4-3-5-7-15/h3-11,14,17,19-20H,12-13H2,1-2H3. The van der Waals surface area contributed by atoms with Gasteiger partial charge in [0.15, 0.2) is 0 Å². The Kier molecular flexibility index (Phi) is 3.77. The van der Waals surface area contributed by atoms with Crippen LogP contribution in [0.25, 0.3) is 11.1 Å². The molecule has 0 bridgehead atoms. The number of anilines is 1. The summed E-state index contributed by atoms with van der Waals surface area (Å²) < 4.78 is 0. The summed E-state index contributed by atoms with van der Waals surface area (Å²) in [7, 11) is 0. The fourth-order valence-corrected chi connectivity index (χ4v) is 2.95. The first kappa shape index (κ1) is 13.2. The Labute approximate surface area is 122 Å². The van der Waals surface area contributed by atoms with Gasteiger partial charge in [0, 0.05) is 11.7 Å². The summed E-state index contributed by atoms with van der Waals surface area (Å²) in [5.74, 6) is 1.74. The van der Waals surface area contributed by atoms with E-state index in [1.807, 2.05) is 0 Å². The normalized spacial score (nSPS) is 21.6. The molecule has 0 spiro atoms. The molecule has 0 atom stereocenters. The van der Waals surface area contributed by atoms with Crippen LogP contribution in [0, 0.1) is 11.8 Å². The second-order valence-corrected chi connectivity index (χ2v) is 6.26. The van der Waals surface area contributed by atoms with Crippen molar-refractivity contribution in [3.8, 4) is 11.1 Å². The van der Waals surface area contributed by atoms with Gasteiger partial charge in [-0.05, 0) is 47.9 Å². The lowest BCUT2D eigenvalue weighted by atomic mass is 9.73. The third-order valence-corrected chi connectivity index (χ3v) is 4.48. The van der Waals surface area contributed by atoms with Crippen molar-refractivity contribution in [3.05, 3.63) is 54.6 Å². The van der Waals surface area contributed by atoms with Gasteiger partial charge in [-0.3, -0.25) is 0 Å². The molecule has 0 aliphatic heterocycles. The molecule has 1 fully saturated rings. The van der Waals surface area contributed by atoms with Crippen LogP contribution in [0.3, 0.4) is 0 Å². The Morgan fingerprint density at radius 1 is 0.850 bits per heavy atom. The van der Waals surface area contributed by atoms with Crippen LogP contribution in [-0.2, 0) is 0 Å². The molecule has 2 aromatic carbocycles. The minimum absolute atomic E-state index is 0.671. The van der Waals surface area contributed by atoms with Gasteiger partial charge >= 0.3 is 0 Å². The molecule has 2 aromatic rings. The fourth-order valence-electron chi connectivity index (χ4n) is 2.95. The number of hydrogen-bond acceptors (Lipinski definition) is 1. The Balaban J connectivity index is 1.60. The molecule has 1 nitrogen and oxygen atoms in total. The number of rotatable bonds is 4. The van der Waals surface area contributed by atoms with Gasteiger partial charge in [0.1, 0.15) is 0 Å². The number of benzene rings is 2. The lowest BCUT2D eigenvalue weighted by Crippen LogP contribution is -2.37. The van der Waals surface area contributed by atoms with Crippen LogP contribution in [-0.4, -0.2) is 6.04 Å². The highest BCUT2D eigenvalue weighted by molar-refractivity contribution is 5.65. The lowest BCUT2D eigenvalue weighted by molar-refractivity contribution is 0.212. The topological polar surface area (TPSA) is 12.0 Å². The minimum Gasteiger partial charge on any atom is -0.382 e. The second-order valence-electron chi connectivity index (χ2n) is 6.26. The van der Waals surface area contributed by atoms with Gasteiger partial charge in [-0.25, -0.2) is 0 Å². The summed E-state index contributed by atoms with van der Waals surface area (Å²) >= 11 is 0. The molecule has 3 rings (SSSR count). The molecule has 0 amide bonds. The maximum atomic E-state index is 3.64. The summed E-state index contributed by atoms with van der Waals surface area (Å²) in [6.07, 6.45) is 2.64. The highest BCUT2D eigenvalue weighted by Crippen LogP contribution is 2.35. The molecule has 20 heavy (non-hydrogen) atoms. The highest BCUT2D eigenvalue weighted by atomic mass is 14.9. The van der Waals surface area contributed by atoms with Crippen molar-refractivity contribution in [2.45, 2.75) is 32.7 Å². The van der Waals surface area contributed by atoms with E-state index in [4.69, 9.17) is 0 Å². The van der Waals surface area contributed by atoms with E-state index in [0.717, 1.165) is 11.8 Å². The first-order valence-electron chi connectivity index (χ1n) is 7.64. The van der Waals surface area contributed by atoms with Crippen molar-refractivity contribution >= 4 is 5.69 Å². The SMILES string of the molecule is CC(C)C1CC(Nc2ccc(-c3ccccc3)cc2)C1. The Bertz CT molecular complexity index is 536. The molecule has 0 saturated heterocycles. The molecule has 0 radical (unpaired) electrons. The average Bonchev–Trinajstić information content (AvgIpc) is 2.43. The quantitative estimate of drug-likeness (QED) is 0.801. The molecule has 1 N–H and O–H groups in total. The predicted octanol–water partition coefficient (Wildman–Crippen LogP) is 5.20. The summed E-state index contributed by atoms with van der Waals surface area (Å²) in [6.45, 7) is 4.66. The lowest BCUT2D eigenvalue weighted by Gasteiger charge is -2.39. The van der Waals surface area contributed by atoms with Crippen LogP contribution in [0.4, 0.5) is 5.69 Å². The van der Waals surface area contributed by atoms with Crippen LogP contribution in [0.2, 0.25) is 0 Å². The minimum atomic E-state index is 0.671. The fraction of sp³-hybridized carbons (Fsp3) is 0.368. The molecule has 0 aromatic heterocycles. The molecule has 1 aliphatic rings. The van der Waals surface area contributed by atoms with Gasteiger partial charge in [0.2, 0.25) is 0 Å². The van der Waals surface area contributed by atoms with Crippen LogP contribution in [0.1, 0.15) is 26.7 Å². The summed E-state index contributed by atoms with van der Waals surface area (Å²) in [5.41, 5.74) is 3.81. The third-order valence-electron chi connectivity index (χ3n) is 4.48. The van der Waals surface area contributed by atoms with Crippen molar-refractivity contribution in [1.82, 2.24) is 0 Å². The molecule has 1 saturated carbocycles. The average molecular weight is 265 g/mol. The molecule has 1 aliphatic carbocycles. The third kappa shape index (κ3) is 2.87. The van der Waals surface area contributed by atoms with E-state index in [9.17, 15) is 0 Å². The molecule has 104 valence electrons. The van der Waals surface area contributed by atoms with Crippen LogP contribution >= 0.6 is 0 Å². The monoisotopic (exact) mass is 265 g/mol. The van der Waals surface area contributed by atoms with E-state index >= 15 is 0 Å². The highest BCUT2D eigenvalue weighted by Gasteiger charge is 2.30. The maximum Gasteiger partial charge on any atom is 0.0342 e. The van der Waals surface area contributed by atoms with E-state index in [-0.39, 0.29) is 0 Å². The van der Waals surface area contributed by atoms with Crippen molar-refractivity contribution in [3.63, 3.8) is 0 Å². The summed E-state index contributed by atoms with van der Waals surface area (Å²) in [6, 6.07) is 20.0. The predicted molar refractivity (Wildman–Crippen MR) is 86.9 cm³/mol. The molecular weight excluding hydrogens is 242 g/mol. The Morgan fingerprint density at radius 2 is 1.45 bits per heavy atom. The molecular formula is C19H23N. The Morgan fingerprint density at radius 3 is 2.05 bits per heavy atom. The van der Waals surface area contributed by atoms with Crippen molar-refractivity contribution in [2.75, 3.05) is 5.32 Å². The maximum absolute atomic E-state index is 3.64. The zero-order valence-corrected chi connectivity index (χ0v) is 12.3. The Hall–Kier alpha value is -1.76. The smallest absolute Gasteiger partial charge is 0.0342 e. The second kappa shape index (κ2) is 5.70. The van der Waals surface area contributed by atoms with Crippen LogP contribution < -0.4 is 5.32 Å². The summed E-state index contributed by atoms with van der Waals surface area (Å²) in [5, 5.41) is 3.64. The van der Waals surface area contributed by atoms with Crippen molar-refractivity contribution in [2.24, 2.45) is 11.8 Å². The van der Waals surface area contributed by atoms with Crippen molar-refractivity contribution in [1.29, 1.82) is 0 Å². The largest absolute Gasteiger partial charge is 0.382 e. The molecule has 0 heterocycles. The van der Waals surface area contributed by atoms with Gasteiger partial charge in [-0.15, -0.1) is 0 Å². The van der Waals surface area contributed by atoms with E-state index in [2.05, 4.69) is 73.8 Å². The van der Waals surface area contributed by atoms with Gasteiger partial charge in [-0.2, -0.15) is 0 Å². The van der Waals surface area contributed by atoms with Gasteiger partial charge < -0.3 is 5.32 Å². The van der Waals surface area contributed by atoms with E-state index in [1.54, 1.807) is 0 Å². The van der Waals surface area contributed by atoms with Crippen LogP contribution in [0.5, 0.6) is 0 Å². The zero-order chi connectivity index (χ0) is 13.9. The summed E-state index contributed by atoms with van der Waals surface area (Å²) in [4.78, 5) is 0. The van der Waals surface area contributed by atoms with E-state index < -0.39 is 0 Å². The number of hydrogen-bond donors (Lipinski definition) is 1. The number of nitrogens with one attached hydrogen (secondary N) is 1. The molecule has 1 heteroatoms. The van der Waals surface area contributed by atoms with Gasteiger partial charge in [0.25, 0.3) is 0 Å². The molecule has 0 unspecified atom stereocenters.